The van der Waals surface area contributed by atoms with Crippen LogP contribution in [0.25, 0.3) is 10.4 Å². The second-order valence-electron chi connectivity index (χ2n) is 3.25. The van der Waals surface area contributed by atoms with Crippen molar-refractivity contribution in [1.29, 1.82) is 0 Å². The fraction of sp³-hybridized carbons (Fsp3) is 0.300. The number of hydrogen-bond acceptors (Lipinski definition) is 2. The predicted octanol–water partition coefficient (Wildman–Crippen LogP) is 2.13. The highest BCUT2D eigenvalue weighted by molar-refractivity contribution is 5.82. The largest absolute Gasteiger partial charge is 0.348 e. The predicted molar refractivity (Wildman–Crippen MR) is 57.0 cm³/mol. The minimum Gasteiger partial charge on any atom is -0.348 e. The summed E-state index contributed by atoms with van der Waals surface area (Å²) in [5.41, 5.74) is 9.12. The van der Waals surface area contributed by atoms with Crippen LogP contribution >= 0.6 is 0 Å². The third kappa shape index (κ3) is 2.72. The summed E-state index contributed by atoms with van der Waals surface area (Å²) in [4.78, 5) is 15.8. The third-order valence-corrected chi connectivity index (χ3v) is 1.96. The fourth-order valence-electron chi connectivity index (χ4n) is 1.19. The van der Waals surface area contributed by atoms with Gasteiger partial charge in [0, 0.05) is 19.0 Å². The van der Waals surface area contributed by atoms with Crippen molar-refractivity contribution in [3.63, 3.8) is 0 Å². The van der Waals surface area contributed by atoms with Gasteiger partial charge in [-0.15, -0.1) is 0 Å². The van der Waals surface area contributed by atoms with E-state index in [4.69, 9.17) is 5.53 Å². The van der Waals surface area contributed by atoms with Crippen LogP contribution in [0.15, 0.2) is 35.4 Å². The van der Waals surface area contributed by atoms with Crippen LogP contribution in [-0.2, 0) is 4.79 Å². The Kier molecular flexibility index (Phi) is 3.71. The van der Waals surface area contributed by atoms with Gasteiger partial charge in [0.05, 0.1) is 0 Å². The van der Waals surface area contributed by atoms with Crippen molar-refractivity contribution < 1.29 is 4.79 Å². The molecule has 0 aliphatic heterocycles. The molecule has 0 aromatic heterocycles. The molecule has 5 nitrogen and oxygen atoms in total. The molecule has 1 aromatic carbocycles. The maximum atomic E-state index is 11.7. The highest BCUT2D eigenvalue weighted by Gasteiger charge is 2.20. The Bertz CT molecular complexity index is 382. The lowest BCUT2D eigenvalue weighted by atomic mass is 10.1. The molecule has 0 N–H and O–H groups in total. The molecule has 1 unspecified atom stereocenters. The molecule has 15 heavy (non-hydrogen) atoms. The van der Waals surface area contributed by atoms with Crippen molar-refractivity contribution >= 4 is 5.91 Å². The molecular weight excluding hydrogens is 192 g/mol. The average molecular weight is 204 g/mol. The monoisotopic (exact) mass is 204 g/mol. The van der Waals surface area contributed by atoms with Gasteiger partial charge in [0.1, 0.15) is 6.04 Å². The summed E-state index contributed by atoms with van der Waals surface area (Å²) in [6.45, 7) is 0. The smallest absolute Gasteiger partial charge is 0.235 e. The quantitative estimate of drug-likeness (QED) is 0.422. The van der Waals surface area contributed by atoms with Crippen molar-refractivity contribution in [2.45, 2.75) is 6.04 Å². The normalized spacial score (nSPS) is 11.3. The standard InChI is InChI=1S/C10H12N4O/c1-14(2)10(15)9(12-13-11)8-6-4-3-5-7-8/h3-7,9H,1-2H3. The van der Waals surface area contributed by atoms with Crippen LogP contribution < -0.4 is 0 Å². The van der Waals surface area contributed by atoms with Crippen LogP contribution in [0, 0.1) is 0 Å². The first kappa shape index (κ1) is 11.1. The Morgan fingerprint density at radius 2 is 2.00 bits per heavy atom. The van der Waals surface area contributed by atoms with Crippen LogP contribution in [-0.4, -0.2) is 24.9 Å². The Hall–Kier alpha value is -2.00. The van der Waals surface area contributed by atoms with Gasteiger partial charge in [-0.2, -0.15) is 0 Å². The minimum atomic E-state index is -0.772. The van der Waals surface area contributed by atoms with Gasteiger partial charge in [-0.3, -0.25) is 4.79 Å². The summed E-state index contributed by atoms with van der Waals surface area (Å²) < 4.78 is 0. The molecule has 0 spiro atoms. The molecule has 0 saturated heterocycles. The highest BCUT2D eigenvalue weighted by Crippen LogP contribution is 2.19. The van der Waals surface area contributed by atoms with E-state index in [0.717, 1.165) is 0 Å². The lowest BCUT2D eigenvalue weighted by Crippen LogP contribution is -2.27. The highest BCUT2D eigenvalue weighted by atomic mass is 16.2. The second-order valence-corrected chi connectivity index (χ2v) is 3.25. The van der Waals surface area contributed by atoms with Gasteiger partial charge in [-0.1, -0.05) is 35.4 Å². The Morgan fingerprint density at radius 3 is 2.47 bits per heavy atom. The molecule has 0 bridgehead atoms. The molecule has 0 radical (unpaired) electrons. The van der Waals surface area contributed by atoms with Crippen molar-refractivity contribution in [2.75, 3.05) is 14.1 Å². The number of carbonyl (C=O) groups excluding carboxylic acids is 1. The third-order valence-electron chi connectivity index (χ3n) is 1.96. The van der Waals surface area contributed by atoms with Gasteiger partial charge in [0.15, 0.2) is 0 Å². The number of rotatable bonds is 3. The van der Waals surface area contributed by atoms with Crippen molar-refractivity contribution in [1.82, 2.24) is 4.90 Å². The van der Waals surface area contributed by atoms with E-state index in [1.165, 1.54) is 4.90 Å². The van der Waals surface area contributed by atoms with Gasteiger partial charge in [0.2, 0.25) is 5.91 Å². The van der Waals surface area contributed by atoms with Crippen molar-refractivity contribution in [2.24, 2.45) is 5.11 Å². The Morgan fingerprint density at radius 1 is 1.40 bits per heavy atom. The van der Waals surface area contributed by atoms with Crippen LogP contribution in [0.1, 0.15) is 11.6 Å². The average Bonchev–Trinajstić information content (AvgIpc) is 2.26. The van der Waals surface area contributed by atoms with E-state index < -0.39 is 6.04 Å². The topological polar surface area (TPSA) is 69.1 Å². The summed E-state index contributed by atoms with van der Waals surface area (Å²) in [6.07, 6.45) is 0. The zero-order valence-corrected chi connectivity index (χ0v) is 8.66. The molecule has 1 rings (SSSR count). The molecular formula is C10H12N4O. The molecule has 1 aromatic rings. The van der Waals surface area contributed by atoms with E-state index in [1.807, 2.05) is 6.07 Å². The Balaban J connectivity index is 3.04. The molecule has 1 amide bonds. The van der Waals surface area contributed by atoms with E-state index >= 15 is 0 Å². The summed E-state index contributed by atoms with van der Waals surface area (Å²) in [5.74, 6) is -0.223. The van der Waals surface area contributed by atoms with Crippen LogP contribution in [0.3, 0.4) is 0 Å². The molecule has 0 aliphatic carbocycles. The summed E-state index contributed by atoms with van der Waals surface area (Å²) in [5, 5.41) is 3.50. The van der Waals surface area contributed by atoms with E-state index in [1.54, 1.807) is 38.4 Å². The van der Waals surface area contributed by atoms with Crippen molar-refractivity contribution in [3.05, 3.63) is 46.3 Å². The SMILES string of the molecule is CN(C)C(=O)C(N=[N+]=[N-])c1ccccc1. The molecule has 0 fully saturated rings. The maximum Gasteiger partial charge on any atom is 0.235 e. The number of carbonyl (C=O) groups is 1. The first-order chi connectivity index (χ1) is 7.16. The lowest BCUT2D eigenvalue weighted by molar-refractivity contribution is -0.130. The maximum absolute atomic E-state index is 11.7. The Labute approximate surface area is 87.9 Å². The minimum absolute atomic E-state index is 0.223. The van der Waals surface area contributed by atoms with Gasteiger partial charge >= 0.3 is 0 Å². The summed E-state index contributed by atoms with van der Waals surface area (Å²) in [6, 6.07) is 8.21. The number of likely N-dealkylation sites (N-methyl/N-ethyl adjacent to an activating group) is 1. The zero-order valence-electron chi connectivity index (χ0n) is 8.66. The number of benzene rings is 1. The number of amides is 1. The van der Waals surface area contributed by atoms with E-state index in [0.29, 0.717) is 5.56 Å². The zero-order chi connectivity index (χ0) is 11.3. The fourth-order valence-corrected chi connectivity index (χ4v) is 1.19. The molecule has 0 aliphatic rings. The van der Waals surface area contributed by atoms with Gasteiger partial charge in [-0.05, 0) is 11.1 Å². The van der Waals surface area contributed by atoms with Crippen molar-refractivity contribution in [3.8, 4) is 0 Å². The van der Waals surface area contributed by atoms with Gasteiger partial charge in [-0.25, -0.2) is 0 Å². The summed E-state index contributed by atoms with van der Waals surface area (Å²) >= 11 is 0. The van der Waals surface area contributed by atoms with Crippen LogP contribution in [0.2, 0.25) is 0 Å². The molecule has 78 valence electrons. The first-order valence-electron chi connectivity index (χ1n) is 4.47. The van der Waals surface area contributed by atoms with E-state index in [-0.39, 0.29) is 5.91 Å². The van der Waals surface area contributed by atoms with E-state index in [9.17, 15) is 4.79 Å². The summed E-state index contributed by atoms with van der Waals surface area (Å²) in [7, 11) is 3.26. The molecule has 5 heteroatoms. The molecule has 1 atom stereocenters. The number of azide groups is 1. The van der Waals surface area contributed by atoms with Gasteiger partial charge < -0.3 is 4.90 Å². The van der Waals surface area contributed by atoms with Crippen LogP contribution in [0.4, 0.5) is 0 Å². The van der Waals surface area contributed by atoms with Gasteiger partial charge in [0.25, 0.3) is 0 Å². The molecule has 0 saturated carbocycles. The number of nitrogens with zero attached hydrogens (tertiary/aromatic N) is 4. The first-order valence-corrected chi connectivity index (χ1v) is 4.47. The molecule has 0 heterocycles. The van der Waals surface area contributed by atoms with Crippen LogP contribution in [0.5, 0.6) is 0 Å². The second kappa shape index (κ2) is 5.02. The van der Waals surface area contributed by atoms with E-state index in [2.05, 4.69) is 10.0 Å². The lowest BCUT2D eigenvalue weighted by Gasteiger charge is -2.16. The number of hydrogen-bond donors (Lipinski definition) is 0.